The van der Waals surface area contributed by atoms with Gasteiger partial charge < -0.3 is 14.2 Å². The Morgan fingerprint density at radius 2 is 0.702 bits per heavy atom. The van der Waals surface area contributed by atoms with Crippen molar-refractivity contribution in [3.63, 3.8) is 0 Å². The predicted octanol–water partition coefficient (Wildman–Crippen LogP) is 12.2. The number of unbranched alkanes of at least 4 members (excludes halogenated alkanes) is 20. The molecule has 0 aliphatic rings. The van der Waals surface area contributed by atoms with Gasteiger partial charge in [0.25, 0.3) is 0 Å². The summed E-state index contributed by atoms with van der Waals surface area (Å²) in [5.41, 5.74) is 0. The summed E-state index contributed by atoms with van der Waals surface area (Å²) in [5.74, 6) is 0.687. The van der Waals surface area contributed by atoms with Crippen LogP contribution in [-0.2, 0) is 28.6 Å². The highest BCUT2D eigenvalue weighted by molar-refractivity contribution is 5.71. The Bertz CT molecular complexity index is 719. The standard InChI is InChI=1S/C41H78O6/c1-6-7-8-9-10-11-16-23-28-33-41(44)47-38(35-46-40(43)32-27-22-18-17-20-25-30-37(4)5)34-45-39(42)31-26-21-15-13-12-14-19-24-29-36(2)3/h36-38H,6-35H2,1-5H3/t38-/m1/s1. The maximum absolute atomic E-state index is 12.6. The third kappa shape index (κ3) is 35.5. The molecule has 0 aromatic rings. The monoisotopic (exact) mass is 667 g/mol. The fraction of sp³-hybridized carbons (Fsp3) is 0.927. The molecule has 0 fully saturated rings. The zero-order chi connectivity index (χ0) is 34.8. The summed E-state index contributed by atoms with van der Waals surface area (Å²) in [6, 6.07) is 0. The summed E-state index contributed by atoms with van der Waals surface area (Å²) in [4.78, 5) is 37.4. The molecule has 0 aromatic carbocycles. The second kappa shape index (κ2) is 34.3. The lowest BCUT2D eigenvalue weighted by atomic mass is 10.0. The van der Waals surface area contributed by atoms with Crippen molar-refractivity contribution in [1.29, 1.82) is 0 Å². The van der Waals surface area contributed by atoms with Gasteiger partial charge in [-0.15, -0.1) is 0 Å². The normalized spacial score (nSPS) is 12.1. The highest BCUT2D eigenvalue weighted by atomic mass is 16.6. The zero-order valence-electron chi connectivity index (χ0n) is 31.9. The van der Waals surface area contributed by atoms with Gasteiger partial charge >= 0.3 is 17.9 Å². The van der Waals surface area contributed by atoms with Crippen molar-refractivity contribution >= 4 is 17.9 Å². The summed E-state index contributed by atoms with van der Waals surface area (Å²) in [7, 11) is 0. The highest BCUT2D eigenvalue weighted by Crippen LogP contribution is 2.15. The Morgan fingerprint density at radius 1 is 0.404 bits per heavy atom. The summed E-state index contributed by atoms with van der Waals surface area (Å²) in [5, 5.41) is 0. The summed E-state index contributed by atoms with van der Waals surface area (Å²) >= 11 is 0. The van der Waals surface area contributed by atoms with Crippen LogP contribution >= 0.6 is 0 Å². The topological polar surface area (TPSA) is 78.9 Å². The van der Waals surface area contributed by atoms with Gasteiger partial charge in [0.1, 0.15) is 13.2 Å². The summed E-state index contributed by atoms with van der Waals surface area (Å²) < 4.78 is 16.6. The Balaban J connectivity index is 4.35. The molecule has 0 aromatic heterocycles. The van der Waals surface area contributed by atoms with Crippen molar-refractivity contribution in [2.24, 2.45) is 11.8 Å². The van der Waals surface area contributed by atoms with Gasteiger partial charge in [0.2, 0.25) is 0 Å². The van der Waals surface area contributed by atoms with Gasteiger partial charge in [-0.05, 0) is 31.1 Å². The van der Waals surface area contributed by atoms with E-state index < -0.39 is 6.10 Å². The van der Waals surface area contributed by atoms with Crippen molar-refractivity contribution in [2.45, 2.75) is 221 Å². The lowest BCUT2D eigenvalue weighted by molar-refractivity contribution is -0.167. The van der Waals surface area contributed by atoms with E-state index in [-0.39, 0.29) is 31.1 Å². The fourth-order valence-electron chi connectivity index (χ4n) is 5.87. The average Bonchev–Trinajstić information content (AvgIpc) is 3.03. The van der Waals surface area contributed by atoms with Crippen molar-refractivity contribution < 1.29 is 28.6 Å². The first-order valence-corrected chi connectivity index (χ1v) is 20.2. The van der Waals surface area contributed by atoms with E-state index in [2.05, 4.69) is 34.6 Å². The quantitative estimate of drug-likeness (QED) is 0.0380. The minimum Gasteiger partial charge on any atom is -0.462 e. The Labute approximate surface area is 291 Å². The van der Waals surface area contributed by atoms with Gasteiger partial charge in [-0.2, -0.15) is 0 Å². The van der Waals surface area contributed by atoms with Crippen LogP contribution in [0.1, 0.15) is 214 Å². The fourth-order valence-corrected chi connectivity index (χ4v) is 5.87. The molecule has 0 heterocycles. The molecule has 0 aliphatic heterocycles. The van der Waals surface area contributed by atoms with E-state index in [9.17, 15) is 14.4 Å². The summed E-state index contributed by atoms with van der Waals surface area (Å²) in [6.45, 7) is 11.2. The molecule has 278 valence electrons. The SMILES string of the molecule is CCCCCCCCCCCC(=O)O[C@H](COC(=O)CCCCCCCCCCC(C)C)COC(=O)CCCCCCCCC(C)C. The van der Waals surface area contributed by atoms with Crippen LogP contribution in [-0.4, -0.2) is 37.2 Å². The largest absolute Gasteiger partial charge is 0.462 e. The van der Waals surface area contributed by atoms with Gasteiger partial charge in [-0.25, -0.2) is 0 Å². The van der Waals surface area contributed by atoms with Crippen LogP contribution in [0.5, 0.6) is 0 Å². The number of carbonyl (C=O) groups is 3. The van der Waals surface area contributed by atoms with Crippen LogP contribution in [0.25, 0.3) is 0 Å². The molecule has 0 unspecified atom stereocenters. The molecule has 0 bridgehead atoms. The third-order valence-electron chi connectivity index (χ3n) is 8.97. The number of esters is 3. The van der Waals surface area contributed by atoms with Crippen LogP contribution in [0.15, 0.2) is 0 Å². The molecule has 0 saturated heterocycles. The minimum absolute atomic E-state index is 0.0671. The van der Waals surface area contributed by atoms with Crippen LogP contribution in [0.2, 0.25) is 0 Å². The minimum atomic E-state index is -0.759. The lowest BCUT2D eigenvalue weighted by Gasteiger charge is -2.18. The molecule has 0 saturated carbocycles. The van der Waals surface area contributed by atoms with Crippen molar-refractivity contribution in [1.82, 2.24) is 0 Å². The van der Waals surface area contributed by atoms with Gasteiger partial charge in [-0.1, -0.05) is 176 Å². The van der Waals surface area contributed by atoms with Crippen LogP contribution in [0.3, 0.4) is 0 Å². The molecule has 0 N–H and O–H groups in total. The molecule has 0 amide bonds. The van der Waals surface area contributed by atoms with Crippen LogP contribution in [0, 0.1) is 11.8 Å². The van der Waals surface area contributed by atoms with E-state index in [1.165, 1.54) is 103 Å². The lowest BCUT2D eigenvalue weighted by Crippen LogP contribution is -2.30. The second-order valence-corrected chi connectivity index (χ2v) is 14.9. The van der Waals surface area contributed by atoms with Crippen molar-refractivity contribution in [3.8, 4) is 0 Å². The highest BCUT2D eigenvalue weighted by Gasteiger charge is 2.19. The summed E-state index contributed by atoms with van der Waals surface area (Å²) in [6.07, 6.45) is 29.6. The molecule has 0 rings (SSSR count). The zero-order valence-corrected chi connectivity index (χ0v) is 31.9. The second-order valence-electron chi connectivity index (χ2n) is 14.9. The number of carbonyl (C=O) groups excluding carboxylic acids is 3. The van der Waals surface area contributed by atoms with Gasteiger partial charge in [-0.3, -0.25) is 14.4 Å². The van der Waals surface area contributed by atoms with E-state index in [4.69, 9.17) is 14.2 Å². The van der Waals surface area contributed by atoms with Crippen molar-refractivity contribution in [2.75, 3.05) is 13.2 Å². The Kier molecular flexibility index (Phi) is 33.1. The van der Waals surface area contributed by atoms with E-state index >= 15 is 0 Å². The molecule has 0 spiro atoms. The van der Waals surface area contributed by atoms with Crippen molar-refractivity contribution in [3.05, 3.63) is 0 Å². The van der Waals surface area contributed by atoms with E-state index in [1.54, 1.807) is 0 Å². The van der Waals surface area contributed by atoms with Crippen LogP contribution in [0.4, 0.5) is 0 Å². The predicted molar refractivity (Wildman–Crippen MR) is 196 cm³/mol. The average molecular weight is 667 g/mol. The smallest absolute Gasteiger partial charge is 0.306 e. The molecule has 0 aliphatic carbocycles. The van der Waals surface area contributed by atoms with E-state index in [0.29, 0.717) is 19.3 Å². The van der Waals surface area contributed by atoms with Crippen LogP contribution < -0.4 is 0 Å². The van der Waals surface area contributed by atoms with E-state index in [1.807, 2.05) is 0 Å². The first kappa shape index (κ1) is 45.4. The molecule has 47 heavy (non-hydrogen) atoms. The molecule has 6 heteroatoms. The molecule has 1 atom stereocenters. The third-order valence-corrected chi connectivity index (χ3v) is 8.97. The maximum atomic E-state index is 12.6. The first-order chi connectivity index (χ1) is 22.7. The Hall–Kier alpha value is -1.59. The van der Waals surface area contributed by atoms with Gasteiger partial charge in [0.15, 0.2) is 6.10 Å². The first-order valence-electron chi connectivity index (χ1n) is 20.2. The number of ether oxygens (including phenoxy) is 3. The van der Waals surface area contributed by atoms with Gasteiger partial charge in [0.05, 0.1) is 0 Å². The van der Waals surface area contributed by atoms with E-state index in [0.717, 1.165) is 69.6 Å². The Morgan fingerprint density at radius 3 is 1.04 bits per heavy atom. The molecular weight excluding hydrogens is 588 g/mol. The van der Waals surface area contributed by atoms with Gasteiger partial charge in [0, 0.05) is 19.3 Å². The molecule has 0 radical (unpaired) electrons. The molecule has 6 nitrogen and oxygen atoms in total. The maximum Gasteiger partial charge on any atom is 0.306 e. The number of hydrogen-bond donors (Lipinski definition) is 0. The number of hydrogen-bond acceptors (Lipinski definition) is 6. The molecular formula is C41H78O6. The number of rotatable bonds is 35.